The van der Waals surface area contributed by atoms with Crippen LogP contribution < -0.4 is 9.86 Å². The summed E-state index contributed by atoms with van der Waals surface area (Å²) >= 11 is 5.72. The van der Waals surface area contributed by atoms with Crippen LogP contribution in [0.3, 0.4) is 0 Å². The van der Waals surface area contributed by atoms with Crippen LogP contribution in [0.15, 0.2) is 52.4 Å². The molecule has 1 aromatic carbocycles. The molecule has 0 bridgehead atoms. The third-order valence-corrected chi connectivity index (χ3v) is 5.46. The summed E-state index contributed by atoms with van der Waals surface area (Å²) < 4.78 is 49.2. The number of nitrogens with two attached hydrogens (primary N) is 1. The lowest BCUT2D eigenvalue weighted by atomic mass is 10.3. The Labute approximate surface area is 137 Å². The second kappa shape index (κ2) is 6.24. The van der Waals surface area contributed by atoms with Gasteiger partial charge in [0, 0.05) is 6.20 Å². The Morgan fingerprint density at radius 1 is 1.04 bits per heavy atom. The van der Waals surface area contributed by atoms with Crippen molar-refractivity contribution in [1.82, 2.24) is 9.71 Å². The first-order valence-corrected chi connectivity index (χ1v) is 9.33. The number of hydrogen-bond donors (Lipinski definition) is 2. The minimum absolute atomic E-state index is 0.175. The highest BCUT2D eigenvalue weighted by molar-refractivity contribution is 7.92. The zero-order chi connectivity index (χ0) is 17.3. The first-order valence-electron chi connectivity index (χ1n) is 5.92. The van der Waals surface area contributed by atoms with Crippen LogP contribution in [0.2, 0.25) is 5.15 Å². The smallest absolute Gasteiger partial charge is 0.268 e. The van der Waals surface area contributed by atoms with Crippen molar-refractivity contribution in [2.45, 2.75) is 9.79 Å². The van der Waals surface area contributed by atoms with Gasteiger partial charge in [0.15, 0.2) is 0 Å². The number of benzene rings is 1. The van der Waals surface area contributed by atoms with Crippen molar-refractivity contribution in [2.75, 3.05) is 0 Å². The molecule has 11 heteroatoms. The molecule has 0 spiro atoms. The van der Waals surface area contributed by atoms with E-state index in [9.17, 15) is 21.6 Å². The quantitative estimate of drug-likeness (QED) is 0.746. The van der Waals surface area contributed by atoms with Gasteiger partial charge in [-0.15, -0.1) is 0 Å². The lowest BCUT2D eigenvalue weighted by Crippen LogP contribution is -2.32. The van der Waals surface area contributed by atoms with Gasteiger partial charge in [-0.05, 0) is 24.3 Å². The summed E-state index contributed by atoms with van der Waals surface area (Å²) in [6.07, 6.45) is 1.32. The van der Waals surface area contributed by atoms with Crippen LogP contribution in [0.1, 0.15) is 10.4 Å². The van der Waals surface area contributed by atoms with E-state index in [0.717, 1.165) is 12.1 Å². The summed E-state index contributed by atoms with van der Waals surface area (Å²) in [4.78, 5) is 14.4. The highest BCUT2D eigenvalue weighted by Crippen LogP contribution is 2.20. The minimum Gasteiger partial charge on any atom is -0.268 e. The van der Waals surface area contributed by atoms with Gasteiger partial charge in [0.05, 0.1) is 5.56 Å². The van der Waals surface area contributed by atoms with Crippen LogP contribution in [-0.4, -0.2) is 27.7 Å². The van der Waals surface area contributed by atoms with E-state index in [0.29, 0.717) is 0 Å². The molecule has 0 aliphatic rings. The number of nitrogens with one attached hydrogen (secondary N) is 1. The number of amides is 1. The van der Waals surface area contributed by atoms with E-state index in [4.69, 9.17) is 16.7 Å². The summed E-state index contributed by atoms with van der Waals surface area (Å²) in [6.45, 7) is 0. The van der Waals surface area contributed by atoms with Crippen LogP contribution in [0, 0.1) is 0 Å². The maximum Gasteiger partial charge on any atom is 0.268 e. The number of rotatable bonds is 4. The summed E-state index contributed by atoms with van der Waals surface area (Å²) in [5.41, 5.74) is -0.175. The Morgan fingerprint density at radius 3 is 2.22 bits per heavy atom. The van der Waals surface area contributed by atoms with Gasteiger partial charge in [-0.2, -0.15) is 0 Å². The van der Waals surface area contributed by atoms with Gasteiger partial charge in [-0.1, -0.05) is 23.7 Å². The van der Waals surface area contributed by atoms with Crippen molar-refractivity contribution in [1.29, 1.82) is 0 Å². The van der Waals surface area contributed by atoms with Crippen LogP contribution >= 0.6 is 11.6 Å². The molecule has 2 aromatic rings. The molecule has 0 saturated carbocycles. The normalized spacial score (nSPS) is 11.9. The number of aromatic nitrogens is 1. The van der Waals surface area contributed by atoms with Gasteiger partial charge < -0.3 is 0 Å². The summed E-state index contributed by atoms with van der Waals surface area (Å²) in [7, 11) is -8.78. The molecule has 0 fully saturated rings. The predicted octanol–water partition coefficient (Wildman–Crippen LogP) is 0.501. The number of carbonyl (C=O) groups is 1. The molecular weight excluding hydrogens is 366 g/mol. The Morgan fingerprint density at radius 2 is 1.65 bits per heavy atom. The molecule has 0 aliphatic heterocycles. The van der Waals surface area contributed by atoms with E-state index in [-0.39, 0.29) is 10.7 Å². The van der Waals surface area contributed by atoms with E-state index in [1.807, 2.05) is 0 Å². The third kappa shape index (κ3) is 3.85. The standard InChI is InChI=1S/C12H10ClN3O5S2/c13-11-8(4-3-7-15-11)12(17)16-23(20,21)10-6-2-1-5-9(10)22(14,18)19/h1-7H,(H,16,17)(H2,14,18,19). The van der Waals surface area contributed by atoms with Gasteiger partial charge in [-0.3, -0.25) is 4.79 Å². The van der Waals surface area contributed by atoms with Crippen LogP contribution in [-0.2, 0) is 20.0 Å². The van der Waals surface area contributed by atoms with E-state index in [2.05, 4.69) is 4.98 Å². The van der Waals surface area contributed by atoms with Gasteiger partial charge in [0.25, 0.3) is 15.9 Å². The van der Waals surface area contributed by atoms with Gasteiger partial charge >= 0.3 is 0 Å². The number of carbonyl (C=O) groups excluding carboxylic acids is 1. The Hall–Kier alpha value is -2.01. The zero-order valence-electron chi connectivity index (χ0n) is 11.3. The van der Waals surface area contributed by atoms with Crippen LogP contribution in [0.4, 0.5) is 0 Å². The largest absolute Gasteiger partial charge is 0.268 e. The molecule has 2 rings (SSSR count). The fraction of sp³-hybridized carbons (Fsp3) is 0. The molecule has 23 heavy (non-hydrogen) atoms. The predicted molar refractivity (Wildman–Crippen MR) is 81.7 cm³/mol. The third-order valence-electron chi connectivity index (χ3n) is 2.68. The Bertz CT molecular complexity index is 974. The van der Waals surface area contributed by atoms with E-state index < -0.39 is 35.7 Å². The van der Waals surface area contributed by atoms with Gasteiger partial charge in [0.1, 0.15) is 14.9 Å². The van der Waals surface area contributed by atoms with Gasteiger partial charge in [-0.25, -0.2) is 31.7 Å². The molecular formula is C12H10ClN3O5S2. The van der Waals surface area contributed by atoms with Crippen molar-refractivity contribution < 1.29 is 21.6 Å². The molecule has 0 unspecified atom stereocenters. The van der Waals surface area contributed by atoms with Crippen molar-refractivity contribution in [3.63, 3.8) is 0 Å². The average Bonchev–Trinajstić information content (AvgIpc) is 2.46. The van der Waals surface area contributed by atoms with Crippen molar-refractivity contribution >= 4 is 37.6 Å². The molecule has 8 nitrogen and oxygen atoms in total. The fourth-order valence-corrected chi connectivity index (χ4v) is 4.25. The monoisotopic (exact) mass is 375 g/mol. The number of halogens is 1. The van der Waals surface area contributed by atoms with Crippen molar-refractivity contribution in [3.05, 3.63) is 53.3 Å². The summed E-state index contributed by atoms with van der Waals surface area (Å²) in [5, 5.41) is 4.79. The minimum atomic E-state index is -4.48. The number of nitrogens with zero attached hydrogens (tertiary/aromatic N) is 1. The van der Waals surface area contributed by atoms with Crippen molar-refractivity contribution in [2.24, 2.45) is 5.14 Å². The van der Waals surface area contributed by atoms with Gasteiger partial charge in [0.2, 0.25) is 10.0 Å². The summed E-state index contributed by atoms with van der Waals surface area (Å²) in [6, 6.07) is 7.30. The maximum atomic E-state index is 12.3. The van der Waals surface area contributed by atoms with Crippen molar-refractivity contribution in [3.8, 4) is 0 Å². The van der Waals surface area contributed by atoms with Crippen LogP contribution in [0.25, 0.3) is 0 Å². The number of hydrogen-bond acceptors (Lipinski definition) is 6. The molecule has 0 atom stereocenters. The molecule has 1 aromatic heterocycles. The molecule has 0 saturated heterocycles. The Balaban J connectivity index is 2.46. The average molecular weight is 376 g/mol. The topological polar surface area (TPSA) is 136 Å². The SMILES string of the molecule is NS(=O)(=O)c1ccccc1S(=O)(=O)NC(=O)c1cccnc1Cl. The molecule has 0 radical (unpaired) electrons. The second-order valence-electron chi connectivity index (χ2n) is 4.27. The Kier molecular flexibility index (Phi) is 4.71. The van der Waals surface area contributed by atoms with Crippen LogP contribution in [0.5, 0.6) is 0 Å². The lowest BCUT2D eigenvalue weighted by Gasteiger charge is -2.10. The zero-order valence-corrected chi connectivity index (χ0v) is 13.7. The lowest BCUT2D eigenvalue weighted by molar-refractivity contribution is 0.0981. The second-order valence-corrected chi connectivity index (χ2v) is 7.81. The molecule has 1 heterocycles. The number of primary sulfonamides is 1. The number of pyridine rings is 1. The fourth-order valence-electron chi connectivity index (χ4n) is 1.69. The first kappa shape index (κ1) is 17.3. The molecule has 1 amide bonds. The summed E-state index contributed by atoms with van der Waals surface area (Å²) in [5.74, 6) is -1.05. The first-order chi connectivity index (χ1) is 10.6. The highest BCUT2D eigenvalue weighted by Gasteiger charge is 2.26. The molecule has 0 aliphatic carbocycles. The maximum absolute atomic E-state index is 12.3. The van der Waals surface area contributed by atoms with E-state index in [1.54, 1.807) is 4.72 Å². The molecule has 3 N–H and O–H groups in total. The van der Waals surface area contributed by atoms with E-state index >= 15 is 0 Å². The highest BCUT2D eigenvalue weighted by atomic mass is 35.5. The van der Waals surface area contributed by atoms with E-state index in [1.165, 1.54) is 30.5 Å². The number of sulfonamides is 2. The molecule has 122 valence electrons.